The molecular formula is C23H31N3O6. The molecule has 0 aromatic heterocycles. The number of likely N-dealkylation sites (tertiary alicyclic amines) is 1. The average Bonchev–Trinajstić information content (AvgIpc) is 2.77. The quantitative estimate of drug-likeness (QED) is 0.254. The maximum atomic E-state index is 12.0. The first-order chi connectivity index (χ1) is 15.4. The summed E-state index contributed by atoms with van der Waals surface area (Å²) in [6.07, 6.45) is 4.59. The number of nitrogens with one attached hydrogen (secondary N) is 2. The van der Waals surface area contributed by atoms with Gasteiger partial charge in [-0.3, -0.25) is 24.1 Å². The summed E-state index contributed by atoms with van der Waals surface area (Å²) in [5.41, 5.74) is 1.51. The van der Waals surface area contributed by atoms with Gasteiger partial charge >= 0.3 is 0 Å². The minimum absolute atomic E-state index is 0.0371. The Hall–Kier alpha value is -3.07. The van der Waals surface area contributed by atoms with Gasteiger partial charge in [-0.15, -0.1) is 0 Å². The van der Waals surface area contributed by atoms with Crippen LogP contribution in [0.25, 0.3) is 0 Å². The Morgan fingerprint density at radius 3 is 2.47 bits per heavy atom. The molecule has 1 unspecified atom stereocenters. The monoisotopic (exact) mass is 445 g/mol. The van der Waals surface area contributed by atoms with E-state index in [1.54, 1.807) is 12.1 Å². The number of aldehydes is 1. The SMILES string of the molecule is CC(C=O)CCCCNC(=O)COCC(=O)Nc1ccc(CCC(=O)N2CCC2=O)cc1. The van der Waals surface area contributed by atoms with Crippen LogP contribution in [0.5, 0.6) is 0 Å². The lowest BCUT2D eigenvalue weighted by molar-refractivity contribution is -0.152. The molecule has 1 aromatic rings. The Morgan fingerprint density at radius 1 is 1.12 bits per heavy atom. The molecule has 32 heavy (non-hydrogen) atoms. The van der Waals surface area contributed by atoms with E-state index in [-0.39, 0.29) is 49.2 Å². The molecule has 1 saturated heterocycles. The highest BCUT2D eigenvalue weighted by Crippen LogP contribution is 2.14. The lowest BCUT2D eigenvalue weighted by Gasteiger charge is -2.28. The van der Waals surface area contributed by atoms with E-state index in [4.69, 9.17) is 4.74 Å². The van der Waals surface area contributed by atoms with Gasteiger partial charge in [0.1, 0.15) is 19.5 Å². The maximum Gasteiger partial charge on any atom is 0.250 e. The van der Waals surface area contributed by atoms with Crippen molar-refractivity contribution in [3.8, 4) is 0 Å². The maximum absolute atomic E-state index is 12.0. The molecule has 2 N–H and O–H groups in total. The number of unbranched alkanes of at least 4 members (excludes halogenated alkanes) is 1. The Balaban J connectivity index is 1.56. The zero-order chi connectivity index (χ0) is 23.3. The van der Waals surface area contributed by atoms with Crippen molar-refractivity contribution in [3.05, 3.63) is 29.8 Å². The number of carbonyl (C=O) groups excluding carboxylic acids is 5. The van der Waals surface area contributed by atoms with Crippen molar-refractivity contribution >= 4 is 35.6 Å². The number of anilines is 1. The van der Waals surface area contributed by atoms with Crippen molar-refractivity contribution in [3.63, 3.8) is 0 Å². The average molecular weight is 446 g/mol. The van der Waals surface area contributed by atoms with Crippen molar-refractivity contribution in [2.24, 2.45) is 5.92 Å². The second-order valence-corrected chi connectivity index (χ2v) is 7.89. The van der Waals surface area contributed by atoms with Gasteiger partial charge < -0.3 is 20.2 Å². The number of amides is 4. The van der Waals surface area contributed by atoms with E-state index >= 15 is 0 Å². The Bertz CT molecular complexity index is 808. The van der Waals surface area contributed by atoms with Gasteiger partial charge in [0.15, 0.2) is 0 Å². The number of nitrogens with zero attached hydrogens (tertiary/aromatic N) is 1. The van der Waals surface area contributed by atoms with E-state index < -0.39 is 0 Å². The normalized spacial score (nSPS) is 13.8. The molecule has 1 heterocycles. The van der Waals surface area contributed by atoms with Crippen molar-refractivity contribution in [2.45, 2.75) is 45.4 Å². The highest BCUT2D eigenvalue weighted by molar-refractivity contribution is 5.99. The summed E-state index contributed by atoms with van der Waals surface area (Å²) in [5.74, 6) is -0.907. The molecule has 1 aliphatic heterocycles. The third-order valence-corrected chi connectivity index (χ3v) is 5.12. The van der Waals surface area contributed by atoms with E-state index in [1.165, 1.54) is 4.90 Å². The van der Waals surface area contributed by atoms with Crippen LogP contribution >= 0.6 is 0 Å². The first-order valence-corrected chi connectivity index (χ1v) is 10.9. The smallest absolute Gasteiger partial charge is 0.250 e. The fourth-order valence-electron chi connectivity index (χ4n) is 3.09. The summed E-state index contributed by atoms with van der Waals surface area (Å²) >= 11 is 0. The van der Waals surface area contributed by atoms with Crippen LogP contribution in [0.1, 0.15) is 44.6 Å². The molecule has 1 atom stereocenters. The Morgan fingerprint density at radius 2 is 1.84 bits per heavy atom. The molecule has 174 valence electrons. The van der Waals surface area contributed by atoms with Gasteiger partial charge in [-0.2, -0.15) is 0 Å². The summed E-state index contributed by atoms with van der Waals surface area (Å²) in [6.45, 7) is 2.43. The second-order valence-electron chi connectivity index (χ2n) is 7.89. The van der Waals surface area contributed by atoms with Gasteiger partial charge in [-0.1, -0.05) is 25.5 Å². The molecule has 1 fully saturated rings. The molecule has 9 nitrogen and oxygen atoms in total. The zero-order valence-electron chi connectivity index (χ0n) is 18.4. The minimum atomic E-state index is -0.375. The Kier molecular flexibility index (Phi) is 10.5. The Labute approximate surface area is 187 Å². The third kappa shape index (κ3) is 8.97. The van der Waals surface area contributed by atoms with E-state index in [0.29, 0.717) is 31.6 Å². The first-order valence-electron chi connectivity index (χ1n) is 10.9. The minimum Gasteiger partial charge on any atom is -0.362 e. The molecule has 0 spiro atoms. The summed E-state index contributed by atoms with van der Waals surface area (Å²) in [4.78, 5) is 58.6. The number of imide groups is 1. The molecule has 9 heteroatoms. The van der Waals surface area contributed by atoms with Crippen LogP contribution in [0.15, 0.2) is 24.3 Å². The van der Waals surface area contributed by atoms with Crippen LogP contribution in [0.3, 0.4) is 0 Å². The fraction of sp³-hybridized carbons (Fsp3) is 0.522. The molecule has 2 rings (SSSR count). The number of aryl methyl sites for hydroxylation is 1. The number of hydrogen-bond donors (Lipinski definition) is 2. The predicted molar refractivity (Wildman–Crippen MR) is 118 cm³/mol. The van der Waals surface area contributed by atoms with Gasteiger partial charge in [0.25, 0.3) is 0 Å². The molecular weight excluding hydrogens is 414 g/mol. The van der Waals surface area contributed by atoms with Crippen LogP contribution in [-0.4, -0.2) is 61.1 Å². The summed E-state index contributed by atoms with van der Waals surface area (Å²) in [5, 5.41) is 5.39. The fourth-order valence-corrected chi connectivity index (χ4v) is 3.09. The lowest BCUT2D eigenvalue weighted by atomic mass is 10.1. The predicted octanol–water partition coefficient (Wildman–Crippen LogP) is 1.45. The number of rotatable bonds is 14. The van der Waals surface area contributed by atoms with Crippen molar-refractivity contribution < 1.29 is 28.7 Å². The largest absolute Gasteiger partial charge is 0.362 e. The highest BCUT2D eigenvalue weighted by atomic mass is 16.5. The number of carbonyl (C=O) groups is 5. The van der Waals surface area contributed by atoms with Crippen LogP contribution in [0, 0.1) is 5.92 Å². The van der Waals surface area contributed by atoms with Gasteiger partial charge in [-0.25, -0.2) is 0 Å². The van der Waals surface area contributed by atoms with E-state index in [0.717, 1.165) is 31.1 Å². The molecule has 1 aliphatic rings. The standard InChI is InChI=1S/C23H31N3O6/c1-17(14-27)4-2-3-12-24-20(28)15-32-16-21(29)25-19-8-5-18(6-9-19)7-10-22(30)26-13-11-23(26)31/h5-6,8-9,14,17H,2-4,7,10-13,15-16H2,1H3,(H,24,28)(H,25,29). The van der Waals surface area contributed by atoms with Crippen LogP contribution in [0.4, 0.5) is 5.69 Å². The molecule has 1 aromatic carbocycles. The summed E-state index contributed by atoms with van der Waals surface area (Å²) in [7, 11) is 0. The van der Waals surface area contributed by atoms with Crippen molar-refractivity contribution in [1.82, 2.24) is 10.2 Å². The number of β-lactam (4-membered cyclic amide) rings is 1. The molecule has 0 radical (unpaired) electrons. The number of benzene rings is 1. The molecule has 0 aliphatic carbocycles. The van der Waals surface area contributed by atoms with Gasteiger partial charge in [0, 0.05) is 37.5 Å². The topological polar surface area (TPSA) is 122 Å². The third-order valence-electron chi connectivity index (χ3n) is 5.12. The van der Waals surface area contributed by atoms with Crippen LogP contribution in [0.2, 0.25) is 0 Å². The van der Waals surface area contributed by atoms with Crippen molar-refractivity contribution in [1.29, 1.82) is 0 Å². The van der Waals surface area contributed by atoms with E-state index in [9.17, 15) is 24.0 Å². The molecule has 0 saturated carbocycles. The second kappa shape index (κ2) is 13.4. The summed E-state index contributed by atoms with van der Waals surface area (Å²) < 4.78 is 5.14. The zero-order valence-corrected chi connectivity index (χ0v) is 18.4. The van der Waals surface area contributed by atoms with E-state index in [2.05, 4.69) is 10.6 Å². The molecule has 4 amide bonds. The highest BCUT2D eigenvalue weighted by Gasteiger charge is 2.29. The number of hydrogen-bond acceptors (Lipinski definition) is 6. The van der Waals surface area contributed by atoms with Crippen LogP contribution < -0.4 is 10.6 Å². The number of ether oxygens (including phenoxy) is 1. The summed E-state index contributed by atoms with van der Waals surface area (Å²) in [6, 6.07) is 7.07. The lowest BCUT2D eigenvalue weighted by Crippen LogP contribution is -2.47. The van der Waals surface area contributed by atoms with Crippen molar-refractivity contribution in [2.75, 3.05) is 31.6 Å². The van der Waals surface area contributed by atoms with Gasteiger partial charge in [0.2, 0.25) is 23.6 Å². The van der Waals surface area contributed by atoms with Gasteiger partial charge in [-0.05, 0) is 37.0 Å². The first kappa shape index (κ1) is 25.2. The van der Waals surface area contributed by atoms with E-state index in [1.807, 2.05) is 19.1 Å². The van der Waals surface area contributed by atoms with Gasteiger partial charge in [0.05, 0.1) is 0 Å². The van der Waals surface area contributed by atoms with Crippen LogP contribution in [-0.2, 0) is 35.1 Å². The molecule has 0 bridgehead atoms.